The number of carbonyl (C=O) groups is 1. The molecule has 0 aliphatic heterocycles. The lowest BCUT2D eigenvalue weighted by atomic mass is 10.0. The summed E-state index contributed by atoms with van der Waals surface area (Å²) < 4.78 is 13.0. The molecule has 1 N–H and O–H groups in total. The third-order valence-corrected chi connectivity index (χ3v) is 4.15. The fourth-order valence-corrected chi connectivity index (χ4v) is 2.81. The number of pyridine rings is 1. The molecule has 7 heteroatoms. The molecule has 0 amide bonds. The van der Waals surface area contributed by atoms with E-state index in [2.05, 4.69) is 15.3 Å². The number of nitrogens with zero attached hydrogens (tertiary/aromatic N) is 2. The molecule has 108 valence electrons. The normalized spacial score (nSPS) is 10.4. The molecule has 0 saturated heterocycles. The van der Waals surface area contributed by atoms with E-state index in [9.17, 15) is 9.18 Å². The Bertz CT molecular complexity index is 820. The maximum Gasteiger partial charge on any atom is 0.197 e. The maximum absolute atomic E-state index is 13.0. The number of carbonyl (C=O) groups excluding carboxylic acids is 1. The summed E-state index contributed by atoms with van der Waals surface area (Å²) in [5, 5.41) is 3.67. The summed E-state index contributed by atoms with van der Waals surface area (Å²) in [5.74, 6) is -0.287. The van der Waals surface area contributed by atoms with E-state index in [0.29, 0.717) is 5.01 Å². The average Bonchev–Trinajstić information content (AvgIpc) is 3.00. The van der Waals surface area contributed by atoms with Crippen molar-refractivity contribution in [3.63, 3.8) is 0 Å². The van der Waals surface area contributed by atoms with Crippen molar-refractivity contribution >= 4 is 36.2 Å². The zero-order chi connectivity index (χ0) is 15.5. The van der Waals surface area contributed by atoms with Gasteiger partial charge in [0.2, 0.25) is 0 Å². The first-order valence-corrected chi connectivity index (χ1v) is 7.39. The molecule has 0 aliphatic carbocycles. The molecule has 0 fully saturated rings. The lowest BCUT2D eigenvalue weighted by Crippen LogP contribution is -1.94. The first-order valence-electron chi connectivity index (χ1n) is 6.57. The maximum atomic E-state index is 13.0. The van der Waals surface area contributed by atoms with Crippen LogP contribution in [0.15, 0.2) is 48.9 Å². The predicted octanol–water partition coefficient (Wildman–Crippen LogP) is 2.86. The van der Waals surface area contributed by atoms with Gasteiger partial charge in [-0.3, -0.25) is 4.98 Å². The lowest BCUT2D eigenvalue weighted by molar-refractivity contribution is 0.108. The SMILES string of the molecule is BC(=O)c1ncc(-c2ccncc2Nc2ccc(F)cc2)s1. The van der Waals surface area contributed by atoms with Crippen molar-refractivity contribution in [2.75, 3.05) is 5.32 Å². The van der Waals surface area contributed by atoms with Gasteiger partial charge in [0.25, 0.3) is 0 Å². The van der Waals surface area contributed by atoms with Crippen molar-refractivity contribution in [3.05, 3.63) is 59.7 Å². The number of benzene rings is 1. The van der Waals surface area contributed by atoms with E-state index < -0.39 is 0 Å². The van der Waals surface area contributed by atoms with Crippen molar-refractivity contribution in [2.24, 2.45) is 0 Å². The van der Waals surface area contributed by atoms with Gasteiger partial charge in [-0.1, -0.05) is 0 Å². The van der Waals surface area contributed by atoms with Crippen molar-refractivity contribution < 1.29 is 9.18 Å². The Morgan fingerprint density at radius 1 is 1.18 bits per heavy atom. The van der Waals surface area contributed by atoms with Crippen molar-refractivity contribution in [1.82, 2.24) is 9.97 Å². The number of thiazole rings is 1. The zero-order valence-electron chi connectivity index (χ0n) is 11.7. The molecule has 0 atom stereocenters. The Labute approximate surface area is 131 Å². The van der Waals surface area contributed by atoms with E-state index >= 15 is 0 Å². The molecule has 0 aliphatic rings. The topological polar surface area (TPSA) is 54.9 Å². The van der Waals surface area contributed by atoms with Crippen LogP contribution >= 0.6 is 11.3 Å². The third-order valence-electron chi connectivity index (χ3n) is 3.02. The molecular weight excluding hydrogens is 300 g/mol. The Kier molecular flexibility index (Phi) is 3.97. The van der Waals surface area contributed by atoms with E-state index in [0.717, 1.165) is 21.8 Å². The van der Waals surface area contributed by atoms with Gasteiger partial charge in [0.1, 0.15) is 16.5 Å². The summed E-state index contributed by atoms with van der Waals surface area (Å²) in [4.78, 5) is 20.5. The van der Waals surface area contributed by atoms with Crippen molar-refractivity contribution in [2.45, 2.75) is 0 Å². The summed E-state index contributed by atoms with van der Waals surface area (Å²) in [6, 6.07) is 7.93. The second-order valence-electron chi connectivity index (χ2n) is 4.64. The van der Waals surface area contributed by atoms with Crippen LogP contribution in [0.4, 0.5) is 15.8 Å². The largest absolute Gasteiger partial charge is 0.354 e. The Morgan fingerprint density at radius 3 is 2.64 bits per heavy atom. The van der Waals surface area contributed by atoms with Crippen LogP contribution in [0, 0.1) is 5.82 Å². The summed E-state index contributed by atoms with van der Waals surface area (Å²) in [6.45, 7) is 0. The fourth-order valence-electron chi connectivity index (χ4n) is 1.96. The summed E-state index contributed by atoms with van der Waals surface area (Å²) in [7, 11) is 1.49. The van der Waals surface area contributed by atoms with Gasteiger partial charge in [0, 0.05) is 23.6 Å². The van der Waals surface area contributed by atoms with Gasteiger partial charge >= 0.3 is 0 Å². The van der Waals surface area contributed by atoms with Crippen LogP contribution in [0.2, 0.25) is 0 Å². The molecule has 3 aromatic rings. The van der Waals surface area contributed by atoms with Crippen molar-refractivity contribution in [1.29, 1.82) is 0 Å². The fraction of sp³-hybridized carbons (Fsp3) is 0. The van der Waals surface area contributed by atoms with Crippen LogP contribution in [0.25, 0.3) is 10.4 Å². The van der Waals surface area contributed by atoms with Crippen LogP contribution in [-0.4, -0.2) is 23.5 Å². The summed E-state index contributed by atoms with van der Waals surface area (Å²) >= 11 is 1.33. The molecule has 22 heavy (non-hydrogen) atoms. The van der Waals surface area contributed by atoms with Gasteiger partial charge in [-0.15, -0.1) is 11.3 Å². The molecule has 0 spiro atoms. The first kappa shape index (κ1) is 14.4. The van der Waals surface area contributed by atoms with Crippen LogP contribution < -0.4 is 5.32 Å². The Balaban J connectivity index is 1.95. The highest BCUT2D eigenvalue weighted by molar-refractivity contribution is 7.18. The number of hydrogen-bond acceptors (Lipinski definition) is 5. The number of hydrogen-bond donors (Lipinski definition) is 1. The minimum atomic E-state index is -0.287. The van der Waals surface area contributed by atoms with E-state index in [-0.39, 0.29) is 11.5 Å². The molecule has 0 saturated carbocycles. The van der Waals surface area contributed by atoms with Crippen LogP contribution in [0.5, 0.6) is 0 Å². The van der Waals surface area contributed by atoms with Gasteiger partial charge in [0.05, 0.1) is 16.8 Å². The number of anilines is 2. The van der Waals surface area contributed by atoms with E-state index in [1.165, 1.54) is 31.3 Å². The molecule has 2 heterocycles. The van der Waals surface area contributed by atoms with Gasteiger partial charge in [-0.2, -0.15) is 0 Å². The molecule has 2 aromatic heterocycles. The highest BCUT2D eigenvalue weighted by Crippen LogP contribution is 2.33. The monoisotopic (exact) mass is 311 g/mol. The standard InChI is InChI=1S/C15H11BFN3OS/c16-14(21)15-19-8-13(22-15)11-5-6-18-7-12(11)20-10-3-1-9(17)2-4-10/h1-8,20H,16H2. The van der Waals surface area contributed by atoms with E-state index in [4.69, 9.17) is 0 Å². The van der Waals surface area contributed by atoms with Crippen LogP contribution in [-0.2, 0) is 0 Å². The number of aromatic nitrogens is 2. The van der Waals surface area contributed by atoms with Crippen LogP contribution in [0.3, 0.4) is 0 Å². The second kappa shape index (κ2) is 6.07. The Morgan fingerprint density at radius 2 is 1.95 bits per heavy atom. The first-order chi connectivity index (χ1) is 10.6. The highest BCUT2D eigenvalue weighted by Gasteiger charge is 2.11. The van der Waals surface area contributed by atoms with Crippen molar-refractivity contribution in [3.8, 4) is 10.4 Å². The minimum absolute atomic E-state index is 0.0571. The van der Waals surface area contributed by atoms with Gasteiger partial charge in [-0.25, -0.2) is 9.37 Å². The molecule has 0 unspecified atom stereocenters. The van der Waals surface area contributed by atoms with Gasteiger partial charge in [-0.05, 0) is 30.3 Å². The molecule has 0 bridgehead atoms. The molecule has 1 aromatic carbocycles. The highest BCUT2D eigenvalue weighted by atomic mass is 32.1. The predicted molar refractivity (Wildman–Crippen MR) is 87.9 cm³/mol. The lowest BCUT2D eigenvalue weighted by Gasteiger charge is -2.10. The van der Waals surface area contributed by atoms with Crippen LogP contribution in [0.1, 0.15) is 9.80 Å². The summed E-state index contributed by atoms with van der Waals surface area (Å²) in [6.07, 6.45) is 5.04. The molecule has 4 nitrogen and oxygen atoms in total. The van der Waals surface area contributed by atoms with E-state index in [1.54, 1.807) is 30.7 Å². The van der Waals surface area contributed by atoms with Gasteiger partial charge in [0.15, 0.2) is 7.85 Å². The number of rotatable bonds is 4. The molecule has 3 rings (SSSR count). The number of halogens is 1. The third kappa shape index (κ3) is 3.04. The summed E-state index contributed by atoms with van der Waals surface area (Å²) in [5.41, 5.74) is 2.36. The average molecular weight is 311 g/mol. The minimum Gasteiger partial charge on any atom is -0.354 e. The second-order valence-corrected chi connectivity index (χ2v) is 5.67. The van der Waals surface area contributed by atoms with E-state index in [1.807, 2.05) is 6.07 Å². The van der Waals surface area contributed by atoms with Gasteiger partial charge < -0.3 is 10.1 Å². The molecular formula is C15H11BFN3OS. The zero-order valence-corrected chi connectivity index (χ0v) is 12.5. The molecule has 0 radical (unpaired) electrons. The smallest absolute Gasteiger partial charge is 0.197 e. The Hall–Kier alpha value is -2.54. The number of nitrogens with one attached hydrogen (secondary N) is 1. The quantitative estimate of drug-likeness (QED) is 0.753.